The SMILES string of the molecule is Cc1ccc(OC(=O)c2ccc(OCc3ccccc3)cc2)cc1. The molecule has 120 valence electrons. The molecular weight excluding hydrogens is 300 g/mol. The standard InChI is InChI=1S/C21H18O3/c1-16-7-11-20(12-8-16)24-21(22)18-9-13-19(14-10-18)23-15-17-5-3-2-4-6-17/h2-14H,15H2,1H3. The minimum Gasteiger partial charge on any atom is -0.489 e. The number of rotatable bonds is 5. The Labute approximate surface area is 141 Å². The fourth-order valence-corrected chi connectivity index (χ4v) is 2.20. The Morgan fingerprint density at radius 1 is 0.792 bits per heavy atom. The van der Waals surface area contributed by atoms with Crippen molar-refractivity contribution in [2.75, 3.05) is 0 Å². The number of carbonyl (C=O) groups is 1. The molecule has 0 heterocycles. The molecule has 3 aromatic rings. The van der Waals surface area contributed by atoms with E-state index < -0.39 is 0 Å². The van der Waals surface area contributed by atoms with Gasteiger partial charge in [0.05, 0.1) is 5.56 Å². The summed E-state index contributed by atoms with van der Waals surface area (Å²) in [5.41, 5.74) is 2.71. The van der Waals surface area contributed by atoms with Gasteiger partial charge in [-0.25, -0.2) is 4.79 Å². The van der Waals surface area contributed by atoms with E-state index in [4.69, 9.17) is 9.47 Å². The van der Waals surface area contributed by atoms with Crippen LogP contribution in [0.15, 0.2) is 78.9 Å². The molecule has 0 saturated carbocycles. The Balaban J connectivity index is 1.59. The van der Waals surface area contributed by atoms with E-state index in [0.717, 1.165) is 11.1 Å². The zero-order valence-electron chi connectivity index (χ0n) is 13.4. The van der Waals surface area contributed by atoms with Crippen molar-refractivity contribution in [1.82, 2.24) is 0 Å². The van der Waals surface area contributed by atoms with Gasteiger partial charge >= 0.3 is 5.97 Å². The average molecular weight is 318 g/mol. The van der Waals surface area contributed by atoms with E-state index >= 15 is 0 Å². The lowest BCUT2D eigenvalue weighted by Gasteiger charge is -2.08. The van der Waals surface area contributed by atoms with Crippen molar-refractivity contribution < 1.29 is 14.3 Å². The smallest absolute Gasteiger partial charge is 0.343 e. The molecule has 0 radical (unpaired) electrons. The Morgan fingerprint density at radius 3 is 2.08 bits per heavy atom. The van der Waals surface area contributed by atoms with E-state index in [1.54, 1.807) is 36.4 Å². The lowest BCUT2D eigenvalue weighted by molar-refractivity contribution is 0.0734. The zero-order chi connectivity index (χ0) is 16.8. The van der Waals surface area contributed by atoms with Gasteiger partial charge in [-0.15, -0.1) is 0 Å². The van der Waals surface area contributed by atoms with Crippen LogP contribution in [0.1, 0.15) is 21.5 Å². The summed E-state index contributed by atoms with van der Waals surface area (Å²) in [5.74, 6) is 0.870. The van der Waals surface area contributed by atoms with Crippen molar-refractivity contribution in [1.29, 1.82) is 0 Å². The molecule has 0 aliphatic carbocycles. The summed E-state index contributed by atoms with van der Waals surface area (Å²) in [4.78, 5) is 12.1. The summed E-state index contributed by atoms with van der Waals surface area (Å²) in [6, 6.07) is 24.3. The molecule has 0 unspecified atom stereocenters. The van der Waals surface area contributed by atoms with Gasteiger partial charge in [-0.3, -0.25) is 0 Å². The van der Waals surface area contributed by atoms with Crippen molar-refractivity contribution in [3.8, 4) is 11.5 Å². The lowest BCUT2D eigenvalue weighted by atomic mass is 10.2. The highest BCUT2D eigenvalue weighted by atomic mass is 16.5. The zero-order valence-corrected chi connectivity index (χ0v) is 13.4. The van der Waals surface area contributed by atoms with E-state index in [9.17, 15) is 4.79 Å². The van der Waals surface area contributed by atoms with Crippen LogP contribution in [-0.4, -0.2) is 5.97 Å². The summed E-state index contributed by atoms with van der Waals surface area (Å²) in [6.07, 6.45) is 0. The first-order valence-electron chi connectivity index (χ1n) is 7.76. The summed E-state index contributed by atoms with van der Waals surface area (Å²) in [7, 11) is 0. The lowest BCUT2D eigenvalue weighted by Crippen LogP contribution is -2.08. The molecule has 3 heteroatoms. The van der Waals surface area contributed by atoms with Gasteiger partial charge in [0.15, 0.2) is 0 Å². The van der Waals surface area contributed by atoms with E-state index in [1.165, 1.54) is 0 Å². The van der Waals surface area contributed by atoms with Crippen LogP contribution >= 0.6 is 0 Å². The van der Waals surface area contributed by atoms with Crippen molar-refractivity contribution >= 4 is 5.97 Å². The molecule has 3 rings (SSSR count). The third kappa shape index (κ3) is 4.23. The molecule has 24 heavy (non-hydrogen) atoms. The van der Waals surface area contributed by atoms with Gasteiger partial charge in [-0.1, -0.05) is 48.0 Å². The predicted octanol–water partition coefficient (Wildman–Crippen LogP) is 4.79. The number of carbonyl (C=O) groups excluding carboxylic acids is 1. The normalized spacial score (nSPS) is 10.2. The molecule has 0 N–H and O–H groups in total. The van der Waals surface area contributed by atoms with Crippen molar-refractivity contribution in [2.24, 2.45) is 0 Å². The van der Waals surface area contributed by atoms with Crippen LogP contribution in [-0.2, 0) is 6.61 Å². The van der Waals surface area contributed by atoms with Crippen LogP contribution in [0.5, 0.6) is 11.5 Å². The van der Waals surface area contributed by atoms with E-state index in [1.807, 2.05) is 49.4 Å². The fraction of sp³-hybridized carbons (Fsp3) is 0.0952. The van der Waals surface area contributed by atoms with Gasteiger partial charge in [-0.2, -0.15) is 0 Å². The largest absolute Gasteiger partial charge is 0.489 e. The van der Waals surface area contributed by atoms with Crippen LogP contribution in [0.3, 0.4) is 0 Å². The molecule has 0 aliphatic heterocycles. The topological polar surface area (TPSA) is 35.5 Å². The second-order valence-corrected chi connectivity index (χ2v) is 5.50. The van der Waals surface area contributed by atoms with Crippen LogP contribution in [0, 0.1) is 6.92 Å². The Morgan fingerprint density at radius 2 is 1.42 bits per heavy atom. The van der Waals surface area contributed by atoms with Gasteiger partial charge in [0.1, 0.15) is 18.1 Å². The third-order valence-corrected chi connectivity index (χ3v) is 3.57. The minimum atomic E-state index is -0.381. The van der Waals surface area contributed by atoms with Crippen molar-refractivity contribution in [3.63, 3.8) is 0 Å². The monoisotopic (exact) mass is 318 g/mol. The van der Waals surface area contributed by atoms with Crippen molar-refractivity contribution in [3.05, 3.63) is 95.6 Å². The molecule has 3 aromatic carbocycles. The number of aryl methyl sites for hydroxylation is 1. The van der Waals surface area contributed by atoms with Crippen LogP contribution in [0.25, 0.3) is 0 Å². The molecule has 0 saturated heterocycles. The van der Waals surface area contributed by atoms with Gasteiger partial charge in [0.2, 0.25) is 0 Å². The Kier molecular flexibility index (Phi) is 4.92. The Hall–Kier alpha value is -3.07. The Bertz CT molecular complexity index is 791. The van der Waals surface area contributed by atoms with Gasteiger partial charge in [-0.05, 0) is 48.9 Å². The number of benzene rings is 3. The number of esters is 1. The molecule has 0 aliphatic rings. The van der Waals surface area contributed by atoms with Crippen LogP contribution < -0.4 is 9.47 Å². The maximum Gasteiger partial charge on any atom is 0.343 e. The molecule has 0 aromatic heterocycles. The fourth-order valence-electron chi connectivity index (χ4n) is 2.20. The molecule has 0 fully saturated rings. The molecule has 3 nitrogen and oxygen atoms in total. The average Bonchev–Trinajstić information content (AvgIpc) is 2.63. The van der Waals surface area contributed by atoms with E-state index in [0.29, 0.717) is 23.7 Å². The predicted molar refractivity (Wildman–Crippen MR) is 93.4 cm³/mol. The number of hydrogen-bond acceptors (Lipinski definition) is 3. The second kappa shape index (κ2) is 7.47. The maximum absolute atomic E-state index is 12.1. The molecule has 0 amide bonds. The minimum absolute atomic E-state index is 0.381. The first-order chi connectivity index (χ1) is 11.7. The first kappa shape index (κ1) is 15.8. The van der Waals surface area contributed by atoms with Crippen molar-refractivity contribution in [2.45, 2.75) is 13.5 Å². The molecule has 0 atom stereocenters. The molecular formula is C21H18O3. The van der Waals surface area contributed by atoms with Crippen LogP contribution in [0.2, 0.25) is 0 Å². The highest BCUT2D eigenvalue weighted by molar-refractivity contribution is 5.91. The highest BCUT2D eigenvalue weighted by Gasteiger charge is 2.08. The second-order valence-electron chi connectivity index (χ2n) is 5.50. The third-order valence-electron chi connectivity index (χ3n) is 3.57. The van der Waals surface area contributed by atoms with Gasteiger partial charge in [0, 0.05) is 0 Å². The summed E-state index contributed by atoms with van der Waals surface area (Å²) < 4.78 is 11.1. The number of hydrogen-bond donors (Lipinski definition) is 0. The number of ether oxygens (including phenoxy) is 2. The van der Waals surface area contributed by atoms with Crippen LogP contribution in [0.4, 0.5) is 0 Å². The summed E-state index contributed by atoms with van der Waals surface area (Å²) in [6.45, 7) is 2.48. The summed E-state index contributed by atoms with van der Waals surface area (Å²) in [5, 5.41) is 0. The maximum atomic E-state index is 12.1. The van der Waals surface area contributed by atoms with Gasteiger partial charge < -0.3 is 9.47 Å². The quantitative estimate of drug-likeness (QED) is 0.501. The summed E-state index contributed by atoms with van der Waals surface area (Å²) >= 11 is 0. The molecule has 0 bridgehead atoms. The highest BCUT2D eigenvalue weighted by Crippen LogP contribution is 2.17. The molecule has 0 spiro atoms. The van der Waals surface area contributed by atoms with E-state index in [2.05, 4.69) is 0 Å². The van der Waals surface area contributed by atoms with Gasteiger partial charge in [0.25, 0.3) is 0 Å². The first-order valence-corrected chi connectivity index (χ1v) is 7.76. The van der Waals surface area contributed by atoms with E-state index in [-0.39, 0.29) is 5.97 Å².